The number of nitrogens with zero attached hydrogens (tertiary/aromatic N) is 3. The molecule has 3 rings (SSSR count). The van der Waals surface area contributed by atoms with Crippen LogP contribution in [0.2, 0.25) is 0 Å². The molecule has 1 aromatic heterocycles. The largest absolute Gasteiger partial charge is 0.485 e. The van der Waals surface area contributed by atoms with E-state index in [1.165, 1.54) is 0 Å². The third-order valence-corrected chi connectivity index (χ3v) is 4.52. The lowest BCUT2D eigenvalue weighted by molar-refractivity contribution is -0.131. The Balaban J connectivity index is 1.55. The van der Waals surface area contributed by atoms with Crippen molar-refractivity contribution in [3.05, 3.63) is 30.5 Å². The second-order valence-corrected chi connectivity index (χ2v) is 6.56. The van der Waals surface area contributed by atoms with Gasteiger partial charge < -0.3 is 14.5 Å². The molecule has 0 unspecified atom stereocenters. The average Bonchev–Trinajstić information content (AvgIpc) is 3.19. The van der Waals surface area contributed by atoms with Crippen LogP contribution in [-0.2, 0) is 4.79 Å². The van der Waals surface area contributed by atoms with Crippen LogP contribution >= 0.6 is 0 Å². The van der Waals surface area contributed by atoms with Crippen LogP contribution in [0, 0.1) is 5.92 Å². The molecule has 0 saturated carbocycles. The first-order valence-electron chi connectivity index (χ1n) is 8.37. The fourth-order valence-corrected chi connectivity index (χ4v) is 3.26. The molecule has 1 saturated heterocycles. The Labute approximate surface area is 137 Å². The van der Waals surface area contributed by atoms with Crippen molar-refractivity contribution in [2.45, 2.75) is 31.8 Å². The molecule has 23 heavy (non-hydrogen) atoms. The Hall–Kier alpha value is -2.04. The number of allylic oxidation sites excluding steroid dienone is 2. The van der Waals surface area contributed by atoms with Crippen molar-refractivity contribution in [2.75, 3.05) is 32.1 Å². The fourth-order valence-electron chi connectivity index (χ4n) is 3.26. The first-order valence-corrected chi connectivity index (χ1v) is 8.37. The number of hydrogen-bond donors (Lipinski definition) is 0. The van der Waals surface area contributed by atoms with E-state index in [0.717, 1.165) is 37.4 Å². The van der Waals surface area contributed by atoms with Gasteiger partial charge in [0.25, 0.3) is 0 Å². The summed E-state index contributed by atoms with van der Waals surface area (Å²) < 4.78 is 6.11. The molecular formula is C18H25N3O2. The Bertz CT molecular complexity index is 585. The topological polar surface area (TPSA) is 45.7 Å². The van der Waals surface area contributed by atoms with Gasteiger partial charge in [0.1, 0.15) is 6.10 Å². The number of carbonyl (C=O) groups excluding carboxylic acids is 1. The van der Waals surface area contributed by atoms with Crippen molar-refractivity contribution in [3.8, 4) is 5.75 Å². The summed E-state index contributed by atoms with van der Waals surface area (Å²) in [4.78, 5) is 20.6. The van der Waals surface area contributed by atoms with Gasteiger partial charge in [0.05, 0.1) is 6.54 Å². The lowest BCUT2D eigenvalue weighted by Crippen LogP contribution is -2.32. The highest BCUT2D eigenvalue weighted by Crippen LogP contribution is 2.27. The second-order valence-electron chi connectivity index (χ2n) is 6.56. The molecule has 0 aromatic carbocycles. The molecule has 1 aliphatic heterocycles. The van der Waals surface area contributed by atoms with Crippen molar-refractivity contribution >= 4 is 11.7 Å². The second kappa shape index (κ2) is 7.02. The normalized spacial score (nSPS) is 23.3. The van der Waals surface area contributed by atoms with Gasteiger partial charge in [-0.25, -0.2) is 4.98 Å². The standard InChI is InChI=1S/C18H25N3O2/c1-20(2)18-16(8-5-10-19-18)23-15-9-11-21(13-15)17(22)12-14-6-3-4-7-14/h3,5-6,8,10,14-15H,4,7,9,11-13H2,1-2H3/t14-,15+/m1/s1. The zero-order valence-corrected chi connectivity index (χ0v) is 13.9. The molecule has 5 heteroatoms. The molecule has 2 heterocycles. The summed E-state index contributed by atoms with van der Waals surface area (Å²) >= 11 is 0. The smallest absolute Gasteiger partial charge is 0.223 e. The van der Waals surface area contributed by atoms with E-state index in [2.05, 4.69) is 17.1 Å². The van der Waals surface area contributed by atoms with Gasteiger partial charge in [0.15, 0.2) is 11.6 Å². The number of aromatic nitrogens is 1. The number of pyridine rings is 1. The highest BCUT2D eigenvalue weighted by Gasteiger charge is 2.29. The van der Waals surface area contributed by atoms with E-state index in [4.69, 9.17) is 4.74 Å². The van der Waals surface area contributed by atoms with Crippen LogP contribution in [0.25, 0.3) is 0 Å². The Kier molecular flexibility index (Phi) is 4.84. The van der Waals surface area contributed by atoms with Gasteiger partial charge in [-0.1, -0.05) is 12.2 Å². The number of ether oxygens (including phenoxy) is 1. The van der Waals surface area contributed by atoms with Crippen molar-refractivity contribution in [1.82, 2.24) is 9.88 Å². The Morgan fingerprint density at radius 2 is 2.30 bits per heavy atom. The third kappa shape index (κ3) is 3.84. The zero-order chi connectivity index (χ0) is 16.2. The Morgan fingerprint density at radius 1 is 1.43 bits per heavy atom. The number of carbonyl (C=O) groups is 1. The van der Waals surface area contributed by atoms with Crippen LogP contribution in [0.15, 0.2) is 30.5 Å². The molecule has 5 nitrogen and oxygen atoms in total. The molecule has 124 valence electrons. The number of anilines is 1. The van der Waals surface area contributed by atoms with Gasteiger partial charge in [-0.3, -0.25) is 4.79 Å². The van der Waals surface area contributed by atoms with Gasteiger partial charge in [0, 0.05) is 39.7 Å². The molecule has 1 aromatic rings. The van der Waals surface area contributed by atoms with Crippen LogP contribution in [-0.4, -0.2) is 49.1 Å². The summed E-state index contributed by atoms with van der Waals surface area (Å²) in [6.45, 7) is 1.47. The zero-order valence-electron chi connectivity index (χ0n) is 13.9. The maximum atomic E-state index is 12.4. The number of hydrogen-bond acceptors (Lipinski definition) is 4. The summed E-state index contributed by atoms with van der Waals surface area (Å²) in [6.07, 6.45) is 9.93. The van der Waals surface area contributed by atoms with Crippen LogP contribution in [0.1, 0.15) is 25.7 Å². The lowest BCUT2D eigenvalue weighted by atomic mass is 10.0. The third-order valence-electron chi connectivity index (χ3n) is 4.52. The van der Waals surface area contributed by atoms with Gasteiger partial charge in [-0.15, -0.1) is 0 Å². The number of rotatable bonds is 5. The fraction of sp³-hybridized carbons (Fsp3) is 0.556. The number of likely N-dealkylation sites (tertiary alicyclic amines) is 1. The van der Waals surface area contributed by atoms with Crippen molar-refractivity contribution in [3.63, 3.8) is 0 Å². The number of amides is 1. The maximum absolute atomic E-state index is 12.4. The molecule has 0 spiro atoms. The van der Waals surface area contributed by atoms with Crippen molar-refractivity contribution in [1.29, 1.82) is 0 Å². The van der Waals surface area contributed by atoms with Crippen LogP contribution < -0.4 is 9.64 Å². The van der Waals surface area contributed by atoms with Gasteiger partial charge in [-0.05, 0) is 30.9 Å². The molecule has 0 bridgehead atoms. The van der Waals surface area contributed by atoms with Crippen molar-refractivity contribution in [2.24, 2.45) is 5.92 Å². The van der Waals surface area contributed by atoms with E-state index in [-0.39, 0.29) is 12.0 Å². The van der Waals surface area contributed by atoms with Gasteiger partial charge in [0.2, 0.25) is 5.91 Å². The van der Waals surface area contributed by atoms with Gasteiger partial charge >= 0.3 is 0 Å². The van der Waals surface area contributed by atoms with Crippen LogP contribution in [0.5, 0.6) is 5.75 Å². The van der Waals surface area contributed by atoms with E-state index in [1.807, 2.05) is 36.0 Å². The minimum atomic E-state index is 0.0565. The van der Waals surface area contributed by atoms with Crippen LogP contribution in [0.4, 0.5) is 5.82 Å². The summed E-state index contributed by atoms with van der Waals surface area (Å²) in [6, 6.07) is 3.82. The molecule has 0 N–H and O–H groups in total. The molecular weight excluding hydrogens is 290 g/mol. The summed E-state index contributed by atoms with van der Waals surface area (Å²) in [5.74, 6) is 2.30. The summed E-state index contributed by atoms with van der Waals surface area (Å²) in [5.41, 5.74) is 0. The highest BCUT2D eigenvalue weighted by molar-refractivity contribution is 5.77. The molecule has 0 radical (unpaired) electrons. The van der Waals surface area contributed by atoms with E-state index in [0.29, 0.717) is 18.9 Å². The van der Waals surface area contributed by atoms with E-state index < -0.39 is 0 Å². The quantitative estimate of drug-likeness (QED) is 0.783. The monoisotopic (exact) mass is 315 g/mol. The SMILES string of the molecule is CN(C)c1ncccc1O[C@H]1CCN(C(=O)C[C@@H]2C=CCC2)C1. The Morgan fingerprint density at radius 3 is 3.04 bits per heavy atom. The molecule has 1 fully saturated rings. The van der Waals surface area contributed by atoms with E-state index >= 15 is 0 Å². The highest BCUT2D eigenvalue weighted by atomic mass is 16.5. The summed E-state index contributed by atoms with van der Waals surface area (Å²) in [7, 11) is 3.91. The maximum Gasteiger partial charge on any atom is 0.223 e. The first kappa shape index (κ1) is 15.8. The van der Waals surface area contributed by atoms with Crippen LogP contribution in [0.3, 0.4) is 0 Å². The summed E-state index contributed by atoms with van der Waals surface area (Å²) in [5, 5.41) is 0. The minimum Gasteiger partial charge on any atom is -0.485 e. The predicted octanol–water partition coefficient (Wildman–Crippen LogP) is 2.48. The van der Waals surface area contributed by atoms with Gasteiger partial charge in [-0.2, -0.15) is 0 Å². The predicted molar refractivity (Wildman–Crippen MR) is 90.7 cm³/mol. The minimum absolute atomic E-state index is 0.0565. The van der Waals surface area contributed by atoms with Crippen molar-refractivity contribution < 1.29 is 9.53 Å². The molecule has 2 atom stereocenters. The molecule has 1 amide bonds. The average molecular weight is 315 g/mol. The molecule has 2 aliphatic rings. The van der Waals surface area contributed by atoms with E-state index in [9.17, 15) is 4.79 Å². The molecule has 1 aliphatic carbocycles. The first-order chi connectivity index (χ1) is 11.1. The van der Waals surface area contributed by atoms with E-state index in [1.54, 1.807) is 6.20 Å². The lowest BCUT2D eigenvalue weighted by Gasteiger charge is -2.21.